The number of carbonyl (C=O) groups is 1. The summed E-state index contributed by atoms with van der Waals surface area (Å²) in [6.45, 7) is 6.65. The maximum atomic E-state index is 12.6. The molecule has 1 aliphatic rings. The number of nitrogens with one attached hydrogen (secondary N) is 1. The Morgan fingerprint density at radius 2 is 1.93 bits per heavy atom. The smallest absolute Gasteiger partial charge is 0.244 e. The highest BCUT2D eigenvalue weighted by Crippen LogP contribution is 2.26. The summed E-state index contributed by atoms with van der Waals surface area (Å²) in [5.41, 5.74) is 2.37. The lowest BCUT2D eigenvalue weighted by molar-refractivity contribution is -0.115. The van der Waals surface area contributed by atoms with E-state index in [0.29, 0.717) is 18.1 Å². The minimum atomic E-state index is -3.48. The standard InChI is InChI=1S/C18H25N5O3S2/c1-12-17(13(2)22(4)21-12)20-18(24)14(3)27-16-8-7-15(11-19-16)28(25,26)23-9-5-6-10-23/h7-8,11,14H,5-6,9-10H2,1-4H3,(H,20,24)/t14-/m1/s1. The Kier molecular flexibility index (Phi) is 6.11. The summed E-state index contributed by atoms with van der Waals surface area (Å²) in [6, 6.07) is 3.21. The molecule has 10 heteroatoms. The van der Waals surface area contributed by atoms with E-state index in [9.17, 15) is 13.2 Å². The van der Waals surface area contributed by atoms with E-state index >= 15 is 0 Å². The lowest BCUT2D eigenvalue weighted by Gasteiger charge is -2.15. The van der Waals surface area contributed by atoms with Crippen LogP contribution in [-0.2, 0) is 21.9 Å². The third-order valence-corrected chi connectivity index (χ3v) is 7.77. The van der Waals surface area contributed by atoms with E-state index in [2.05, 4.69) is 15.4 Å². The lowest BCUT2D eigenvalue weighted by Crippen LogP contribution is -2.28. The molecule has 0 bridgehead atoms. The van der Waals surface area contributed by atoms with Gasteiger partial charge < -0.3 is 5.32 Å². The summed E-state index contributed by atoms with van der Waals surface area (Å²) < 4.78 is 28.3. The van der Waals surface area contributed by atoms with Crippen LogP contribution >= 0.6 is 11.8 Å². The van der Waals surface area contributed by atoms with Gasteiger partial charge in [0.25, 0.3) is 0 Å². The van der Waals surface area contributed by atoms with Crippen molar-refractivity contribution in [1.82, 2.24) is 19.1 Å². The van der Waals surface area contributed by atoms with Crippen LogP contribution in [0, 0.1) is 13.8 Å². The van der Waals surface area contributed by atoms with Gasteiger partial charge >= 0.3 is 0 Å². The number of hydrogen-bond donors (Lipinski definition) is 1. The van der Waals surface area contributed by atoms with Crippen LogP contribution in [0.3, 0.4) is 0 Å². The summed E-state index contributed by atoms with van der Waals surface area (Å²) in [5.74, 6) is -0.153. The Labute approximate surface area is 169 Å². The van der Waals surface area contributed by atoms with Gasteiger partial charge in [-0.25, -0.2) is 13.4 Å². The fourth-order valence-electron chi connectivity index (χ4n) is 3.08. The topological polar surface area (TPSA) is 97.2 Å². The van der Waals surface area contributed by atoms with Crippen molar-refractivity contribution in [2.24, 2.45) is 7.05 Å². The molecule has 0 spiro atoms. The number of aromatic nitrogens is 3. The SMILES string of the molecule is Cc1nn(C)c(C)c1NC(=O)[C@@H](C)Sc1ccc(S(=O)(=O)N2CCCC2)cn1. The Bertz CT molecular complexity index is 964. The molecule has 8 nitrogen and oxygen atoms in total. The number of amides is 1. The Hall–Kier alpha value is -1.91. The minimum Gasteiger partial charge on any atom is -0.322 e. The maximum absolute atomic E-state index is 12.6. The maximum Gasteiger partial charge on any atom is 0.244 e. The molecule has 1 saturated heterocycles. The molecule has 3 rings (SSSR count). The van der Waals surface area contributed by atoms with Crippen LogP contribution in [0.25, 0.3) is 0 Å². The molecule has 0 saturated carbocycles. The fourth-order valence-corrected chi connectivity index (χ4v) is 5.33. The highest BCUT2D eigenvalue weighted by atomic mass is 32.2. The molecule has 1 N–H and O–H groups in total. The van der Waals surface area contributed by atoms with Gasteiger partial charge in [-0.05, 0) is 45.7 Å². The van der Waals surface area contributed by atoms with Gasteiger partial charge in [0.1, 0.15) is 4.90 Å². The molecular formula is C18H25N5O3S2. The van der Waals surface area contributed by atoms with E-state index in [1.807, 2.05) is 20.9 Å². The number of thioether (sulfide) groups is 1. The van der Waals surface area contributed by atoms with E-state index in [-0.39, 0.29) is 10.8 Å². The first-order valence-corrected chi connectivity index (χ1v) is 11.5. The first-order chi connectivity index (χ1) is 13.2. The predicted octanol–water partition coefficient (Wildman–Crippen LogP) is 2.34. The first kappa shape index (κ1) is 20.8. The average molecular weight is 424 g/mol. The molecule has 1 aliphatic heterocycles. The molecule has 2 aromatic heterocycles. The number of aryl methyl sites for hydroxylation is 2. The van der Waals surface area contributed by atoms with Gasteiger partial charge in [0.15, 0.2) is 0 Å². The molecule has 1 fully saturated rings. The average Bonchev–Trinajstić information content (AvgIpc) is 3.27. The van der Waals surface area contributed by atoms with E-state index in [1.165, 1.54) is 22.3 Å². The summed E-state index contributed by atoms with van der Waals surface area (Å²) in [6.07, 6.45) is 3.15. The first-order valence-electron chi connectivity index (χ1n) is 9.14. The zero-order valence-corrected chi connectivity index (χ0v) is 18.1. The highest BCUT2D eigenvalue weighted by Gasteiger charge is 2.27. The number of anilines is 1. The number of sulfonamides is 1. The summed E-state index contributed by atoms with van der Waals surface area (Å²) >= 11 is 1.28. The van der Waals surface area contributed by atoms with Crippen molar-refractivity contribution >= 4 is 33.4 Å². The van der Waals surface area contributed by atoms with Gasteiger partial charge in [0.2, 0.25) is 15.9 Å². The van der Waals surface area contributed by atoms with Crippen molar-refractivity contribution in [3.8, 4) is 0 Å². The zero-order valence-electron chi connectivity index (χ0n) is 16.5. The normalized spacial score (nSPS) is 16.3. The summed E-state index contributed by atoms with van der Waals surface area (Å²) in [5, 5.41) is 7.42. The van der Waals surface area contributed by atoms with Gasteiger partial charge in [-0.1, -0.05) is 11.8 Å². The second-order valence-corrected chi connectivity index (χ2v) is 10.2. The third-order valence-electron chi connectivity index (χ3n) is 4.84. The molecule has 0 unspecified atom stereocenters. The lowest BCUT2D eigenvalue weighted by atomic mass is 10.3. The van der Waals surface area contributed by atoms with E-state index < -0.39 is 15.3 Å². The van der Waals surface area contributed by atoms with Crippen molar-refractivity contribution in [2.45, 2.75) is 48.8 Å². The van der Waals surface area contributed by atoms with Crippen molar-refractivity contribution in [1.29, 1.82) is 0 Å². The Morgan fingerprint density at radius 1 is 1.25 bits per heavy atom. The molecule has 152 valence electrons. The molecule has 0 aliphatic carbocycles. The van der Waals surface area contributed by atoms with E-state index in [0.717, 1.165) is 29.9 Å². The third kappa shape index (κ3) is 4.23. The molecule has 0 aromatic carbocycles. The van der Waals surface area contributed by atoms with Crippen LogP contribution in [0.1, 0.15) is 31.2 Å². The largest absolute Gasteiger partial charge is 0.322 e. The number of rotatable bonds is 6. The van der Waals surface area contributed by atoms with Gasteiger partial charge in [-0.15, -0.1) is 0 Å². The van der Waals surface area contributed by atoms with Crippen molar-refractivity contribution < 1.29 is 13.2 Å². The second kappa shape index (κ2) is 8.22. The number of carbonyl (C=O) groups excluding carboxylic acids is 1. The molecule has 2 aromatic rings. The monoisotopic (exact) mass is 423 g/mol. The molecule has 28 heavy (non-hydrogen) atoms. The van der Waals surface area contributed by atoms with Crippen molar-refractivity contribution in [2.75, 3.05) is 18.4 Å². The number of nitrogens with zero attached hydrogens (tertiary/aromatic N) is 4. The molecule has 3 heterocycles. The van der Waals surface area contributed by atoms with Crippen LogP contribution < -0.4 is 5.32 Å². The Balaban J connectivity index is 1.65. The van der Waals surface area contributed by atoms with Crippen LogP contribution in [0.2, 0.25) is 0 Å². The van der Waals surface area contributed by atoms with Crippen LogP contribution in [-0.4, -0.2) is 51.7 Å². The van der Waals surface area contributed by atoms with Crippen LogP contribution in [0.5, 0.6) is 0 Å². The predicted molar refractivity (Wildman–Crippen MR) is 109 cm³/mol. The molecular weight excluding hydrogens is 398 g/mol. The van der Waals surface area contributed by atoms with Crippen molar-refractivity contribution in [3.63, 3.8) is 0 Å². The molecule has 0 radical (unpaired) electrons. The van der Waals surface area contributed by atoms with E-state index in [4.69, 9.17) is 0 Å². The minimum absolute atomic E-state index is 0.153. The van der Waals surface area contributed by atoms with Crippen LogP contribution in [0.4, 0.5) is 5.69 Å². The van der Waals surface area contributed by atoms with Crippen molar-refractivity contribution in [3.05, 3.63) is 29.7 Å². The quantitative estimate of drug-likeness (QED) is 0.716. The van der Waals surface area contributed by atoms with Gasteiger partial charge in [0.05, 0.1) is 27.4 Å². The molecule has 1 atom stereocenters. The van der Waals surface area contributed by atoms with E-state index in [1.54, 1.807) is 23.7 Å². The highest BCUT2D eigenvalue weighted by molar-refractivity contribution is 8.00. The second-order valence-electron chi connectivity index (χ2n) is 6.86. The van der Waals surface area contributed by atoms with Gasteiger partial charge in [-0.2, -0.15) is 9.40 Å². The van der Waals surface area contributed by atoms with Crippen LogP contribution in [0.15, 0.2) is 28.3 Å². The zero-order chi connectivity index (χ0) is 20.5. The fraction of sp³-hybridized carbons (Fsp3) is 0.500. The molecule has 1 amide bonds. The summed E-state index contributed by atoms with van der Waals surface area (Å²) in [4.78, 5) is 17.0. The number of hydrogen-bond acceptors (Lipinski definition) is 6. The summed E-state index contributed by atoms with van der Waals surface area (Å²) in [7, 11) is -1.64. The van der Waals surface area contributed by atoms with Gasteiger partial charge in [-0.3, -0.25) is 9.48 Å². The Morgan fingerprint density at radius 3 is 2.46 bits per heavy atom. The number of pyridine rings is 1. The van der Waals surface area contributed by atoms with Gasteiger partial charge in [0, 0.05) is 26.3 Å².